The lowest BCUT2D eigenvalue weighted by molar-refractivity contribution is 0.134. The van der Waals surface area contributed by atoms with Gasteiger partial charge in [0.25, 0.3) is 0 Å². The van der Waals surface area contributed by atoms with Gasteiger partial charge in [-0.3, -0.25) is 4.57 Å². The predicted molar refractivity (Wildman–Crippen MR) is 80.2 cm³/mol. The van der Waals surface area contributed by atoms with E-state index in [9.17, 15) is 4.79 Å². The van der Waals surface area contributed by atoms with E-state index in [4.69, 9.17) is 4.74 Å². The fourth-order valence-electron chi connectivity index (χ4n) is 2.49. The quantitative estimate of drug-likeness (QED) is 0.808. The molecule has 106 valence electrons. The maximum absolute atomic E-state index is 11.5. The van der Waals surface area contributed by atoms with Crippen LogP contribution in [-0.2, 0) is 24.5 Å². The van der Waals surface area contributed by atoms with E-state index in [1.165, 1.54) is 27.9 Å². The minimum absolute atomic E-state index is 0.181. The highest BCUT2D eigenvalue weighted by Crippen LogP contribution is 2.31. The van der Waals surface area contributed by atoms with Crippen LogP contribution in [0.3, 0.4) is 0 Å². The van der Waals surface area contributed by atoms with Crippen molar-refractivity contribution in [2.24, 2.45) is 0 Å². The van der Waals surface area contributed by atoms with Crippen molar-refractivity contribution in [3.63, 3.8) is 0 Å². The molecular weight excluding hydrogens is 286 g/mol. The Bertz CT molecular complexity index is 846. The summed E-state index contributed by atoms with van der Waals surface area (Å²) in [6, 6.07) is 10.6. The van der Waals surface area contributed by atoms with Crippen LogP contribution in [0.25, 0.3) is 10.4 Å². The van der Waals surface area contributed by atoms with Crippen LogP contribution >= 0.6 is 11.3 Å². The van der Waals surface area contributed by atoms with Gasteiger partial charge in [-0.25, -0.2) is 9.89 Å². The van der Waals surface area contributed by atoms with E-state index in [-0.39, 0.29) is 5.69 Å². The van der Waals surface area contributed by atoms with Crippen LogP contribution in [0.1, 0.15) is 16.0 Å². The number of thiophene rings is 1. The number of H-pyrrole nitrogens is 1. The molecule has 0 saturated heterocycles. The van der Waals surface area contributed by atoms with E-state index in [2.05, 4.69) is 40.5 Å². The van der Waals surface area contributed by atoms with E-state index in [1.807, 2.05) is 0 Å². The molecule has 1 aliphatic rings. The van der Waals surface area contributed by atoms with E-state index in [0.29, 0.717) is 19.8 Å². The molecule has 0 aliphatic carbocycles. The average molecular weight is 299 g/mol. The second-order valence-corrected chi connectivity index (χ2v) is 6.20. The molecule has 3 heterocycles. The zero-order chi connectivity index (χ0) is 14.2. The minimum Gasteiger partial charge on any atom is -0.372 e. The fourth-order valence-corrected chi connectivity index (χ4v) is 3.50. The number of rotatable bonds is 3. The maximum atomic E-state index is 11.5. The standard InChI is InChI=1S/C15H13N3O2S/c19-15-17-16-9-18(15)6-13-3-4-14(21-13)10-1-2-11-7-20-8-12(11)5-10/h1-5,9H,6-8H2,(H,17,19). The van der Waals surface area contributed by atoms with Gasteiger partial charge in [0, 0.05) is 9.75 Å². The molecule has 0 spiro atoms. The molecule has 3 aromatic rings. The van der Waals surface area contributed by atoms with Crippen molar-refractivity contribution in [2.75, 3.05) is 0 Å². The highest BCUT2D eigenvalue weighted by atomic mass is 32.1. The van der Waals surface area contributed by atoms with Crippen LogP contribution in [0.15, 0.2) is 41.5 Å². The molecule has 0 unspecified atom stereocenters. The molecule has 4 rings (SSSR count). The van der Waals surface area contributed by atoms with Crippen LogP contribution in [0.5, 0.6) is 0 Å². The molecule has 1 aliphatic heterocycles. The SMILES string of the molecule is O=c1[nH]ncn1Cc1ccc(-c2ccc3c(c2)COC3)s1. The predicted octanol–water partition coefficient (Wildman–Crippen LogP) is 2.38. The molecule has 0 saturated carbocycles. The smallest absolute Gasteiger partial charge is 0.343 e. The zero-order valence-corrected chi connectivity index (χ0v) is 12.0. The summed E-state index contributed by atoms with van der Waals surface area (Å²) in [5.41, 5.74) is 3.57. The van der Waals surface area contributed by atoms with Gasteiger partial charge in [-0.1, -0.05) is 12.1 Å². The lowest BCUT2D eigenvalue weighted by atomic mass is 10.1. The van der Waals surface area contributed by atoms with Gasteiger partial charge in [0.2, 0.25) is 0 Å². The number of nitrogens with zero attached hydrogens (tertiary/aromatic N) is 2. The minimum atomic E-state index is -0.181. The molecule has 21 heavy (non-hydrogen) atoms. The molecule has 0 radical (unpaired) electrons. The Morgan fingerprint density at radius 2 is 2.14 bits per heavy atom. The molecule has 5 nitrogen and oxygen atoms in total. The van der Waals surface area contributed by atoms with Gasteiger partial charge in [-0.2, -0.15) is 5.10 Å². The van der Waals surface area contributed by atoms with Crippen molar-refractivity contribution in [1.82, 2.24) is 14.8 Å². The van der Waals surface area contributed by atoms with E-state index in [0.717, 1.165) is 4.88 Å². The third kappa shape index (κ3) is 2.32. The van der Waals surface area contributed by atoms with Gasteiger partial charge < -0.3 is 4.74 Å². The Morgan fingerprint density at radius 3 is 3.00 bits per heavy atom. The lowest BCUT2D eigenvalue weighted by Gasteiger charge is -2.01. The fraction of sp³-hybridized carbons (Fsp3) is 0.200. The Kier molecular flexibility index (Phi) is 2.98. The molecule has 1 N–H and O–H groups in total. The molecule has 0 fully saturated rings. The Labute approximate surface area is 124 Å². The lowest BCUT2D eigenvalue weighted by Crippen LogP contribution is -2.16. The van der Waals surface area contributed by atoms with Crippen molar-refractivity contribution in [3.05, 3.63) is 63.1 Å². The summed E-state index contributed by atoms with van der Waals surface area (Å²) in [5, 5.41) is 6.14. The molecule has 6 heteroatoms. The number of fused-ring (bicyclic) bond motifs is 1. The van der Waals surface area contributed by atoms with Crippen LogP contribution < -0.4 is 5.69 Å². The summed E-state index contributed by atoms with van der Waals surface area (Å²) in [6.07, 6.45) is 1.52. The maximum Gasteiger partial charge on any atom is 0.343 e. The summed E-state index contributed by atoms with van der Waals surface area (Å²) in [5.74, 6) is 0. The van der Waals surface area contributed by atoms with Gasteiger partial charge in [0.15, 0.2) is 0 Å². The Morgan fingerprint density at radius 1 is 1.24 bits per heavy atom. The second-order valence-electron chi connectivity index (χ2n) is 5.03. The van der Waals surface area contributed by atoms with Gasteiger partial charge >= 0.3 is 5.69 Å². The van der Waals surface area contributed by atoms with Crippen LogP contribution in [0.2, 0.25) is 0 Å². The number of hydrogen-bond acceptors (Lipinski definition) is 4. The number of nitrogens with one attached hydrogen (secondary N) is 1. The number of aromatic nitrogens is 3. The second kappa shape index (κ2) is 4.98. The molecule has 0 amide bonds. The highest BCUT2D eigenvalue weighted by Gasteiger charge is 2.13. The summed E-state index contributed by atoms with van der Waals surface area (Å²) in [6.45, 7) is 1.97. The topological polar surface area (TPSA) is 59.9 Å². The van der Waals surface area contributed by atoms with Gasteiger partial charge in [-0.15, -0.1) is 11.3 Å². The van der Waals surface area contributed by atoms with E-state index in [1.54, 1.807) is 15.9 Å². The number of hydrogen-bond donors (Lipinski definition) is 1. The zero-order valence-electron chi connectivity index (χ0n) is 11.2. The number of benzene rings is 1. The van der Waals surface area contributed by atoms with Crippen molar-refractivity contribution in [3.8, 4) is 10.4 Å². The Balaban J connectivity index is 1.62. The first-order chi connectivity index (χ1) is 10.3. The third-order valence-corrected chi connectivity index (χ3v) is 4.73. The summed E-state index contributed by atoms with van der Waals surface area (Å²) in [7, 11) is 0. The summed E-state index contributed by atoms with van der Waals surface area (Å²) in [4.78, 5) is 13.8. The largest absolute Gasteiger partial charge is 0.372 e. The van der Waals surface area contributed by atoms with Crippen molar-refractivity contribution in [1.29, 1.82) is 0 Å². The number of aromatic amines is 1. The van der Waals surface area contributed by atoms with Crippen molar-refractivity contribution in [2.45, 2.75) is 19.8 Å². The molecule has 0 atom stereocenters. The first-order valence-corrected chi connectivity index (χ1v) is 7.50. The summed E-state index contributed by atoms with van der Waals surface area (Å²) < 4.78 is 7.01. The van der Waals surface area contributed by atoms with E-state index < -0.39 is 0 Å². The number of ether oxygens (including phenoxy) is 1. The van der Waals surface area contributed by atoms with Gasteiger partial charge in [0.05, 0.1) is 19.8 Å². The van der Waals surface area contributed by atoms with Gasteiger partial charge in [0.1, 0.15) is 6.33 Å². The summed E-state index contributed by atoms with van der Waals surface area (Å²) >= 11 is 1.70. The monoisotopic (exact) mass is 299 g/mol. The molecule has 0 bridgehead atoms. The van der Waals surface area contributed by atoms with Crippen molar-refractivity contribution < 1.29 is 4.74 Å². The molecule has 1 aromatic carbocycles. The van der Waals surface area contributed by atoms with Crippen LogP contribution in [0, 0.1) is 0 Å². The third-order valence-electron chi connectivity index (χ3n) is 3.61. The van der Waals surface area contributed by atoms with Crippen LogP contribution in [0.4, 0.5) is 0 Å². The normalized spacial score (nSPS) is 13.5. The first-order valence-electron chi connectivity index (χ1n) is 6.68. The van der Waals surface area contributed by atoms with E-state index >= 15 is 0 Å². The molecular formula is C15H13N3O2S. The van der Waals surface area contributed by atoms with Gasteiger partial charge in [-0.05, 0) is 34.9 Å². The Hall–Kier alpha value is -2.18. The molecule has 2 aromatic heterocycles. The van der Waals surface area contributed by atoms with Crippen molar-refractivity contribution >= 4 is 11.3 Å². The van der Waals surface area contributed by atoms with Crippen LogP contribution in [-0.4, -0.2) is 14.8 Å². The first kappa shape index (κ1) is 12.6. The average Bonchev–Trinajstić information content (AvgIpc) is 3.20. The highest BCUT2D eigenvalue weighted by molar-refractivity contribution is 7.15.